The minimum Gasteiger partial charge on any atom is -0.493 e. The lowest BCUT2D eigenvalue weighted by Crippen LogP contribution is -2.20. The molecule has 1 aromatic carbocycles. The van der Waals surface area contributed by atoms with Crippen LogP contribution in [0.15, 0.2) is 12.1 Å². The lowest BCUT2D eigenvalue weighted by molar-refractivity contribution is 0.304. The van der Waals surface area contributed by atoms with Crippen LogP contribution in [0.1, 0.15) is 26.7 Å². The van der Waals surface area contributed by atoms with Crippen LogP contribution >= 0.6 is 0 Å². The van der Waals surface area contributed by atoms with E-state index in [1.165, 1.54) is 12.1 Å². The van der Waals surface area contributed by atoms with Crippen LogP contribution in [0.25, 0.3) is 11.1 Å². The summed E-state index contributed by atoms with van der Waals surface area (Å²) in [6.45, 7) is 4.58. The molecule has 0 aliphatic carbocycles. The van der Waals surface area contributed by atoms with E-state index >= 15 is 0 Å². The second-order valence-corrected chi connectivity index (χ2v) is 4.74. The Morgan fingerprint density at radius 1 is 0.750 bits per heavy atom. The normalized spacial score (nSPS) is 8.92. The maximum Gasteiger partial charge on any atom is 0.140 e. The van der Waals surface area contributed by atoms with Crippen LogP contribution in [0, 0.1) is 45.3 Å². The molecule has 0 fully saturated rings. The Morgan fingerprint density at radius 2 is 1.08 bits per heavy atom. The summed E-state index contributed by atoms with van der Waals surface area (Å²) in [5.74, 6) is 0.550. The summed E-state index contributed by atoms with van der Waals surface area (Å²) in [5, 5.41) is 37.2. The van der Waals surface area contributed by atoms with Crippen LogP contribution < -0.4 is 19.9 Å². The van der Waals surface area contributed by atoms with Gasteiger partial charge in [0.1, 0.15) is 46.9 Å². The van der Waals surface area contributed by atoms with Crippen LogP contribution in [-0.2, 0) is 0 Å². The molecule has 0 spiro atoms. The maximum absolute atomic E-state index is 9.15. The van der Waals surface area contributed by atoms with Crippen molar-refractivity contribution in [3.8, 4) is 35.8 Å². The first-order valence-corrected chi connectivity index (χ1v) is 7.45. The predicted molar refractivity (Wildman–Crippen MR) is 86.5 cm³/mol. The van der Waals surface area contributed by atoms with Gasteiger partial charge in [-0.2, -0.15) is 21.0 Å². The smallest absolute Gasteiger partial charge is 0.140 e. The molecule has 6 nitrogen and oxygen atoms in total. The van der Waals surface area contributed by atoms with Crippen LogP contribution in [0.3, 0.4) is 0 Å². The van der Waals surface area contributed by atoms with E-state index in [1.54, 1.807) is 0 Å². The first-order chi connectivity index (χ1) is 11.7. The molecule has 6 heteroatoms. The summed E-state index contributed by atoms with van der Waals surface area (Å²) in [6.07, 6.45) is 1.45. The van der Waals surface area contributed by atoms with Crippen molar-refractivity contribution >= 4 is 11.1 Å². The first kappa shape index (κ1) is 18.6. The third-order valence-corrected chi connectivity index (χ3v) is 2.99. The van der Waals surface area contributed by atoms with Gasteiger partial charge in [0.15, 0.2) is 0 Å². The zero-order chi connectivity index (χ0) is 17.9. The van der Waals surface area contributed by atoms with Crippen LogP contribution in [-0.4, -0.2) is 13.2 Å². The van der Waals surface area contributed by atoms with Crippen molar-refractivity contribution in [3.63, 3.8) is 0 Å². The summed E-state index contributed by atoms with van der Waals surface area (Å²) < 4.78 is 11.2. The Balaban J connectivity index is 3.89. The molecule has 0 radical (unpaired) electrons. The quantitative estimate of drug-likeness (QED) is 0.787. The van der Waals surface area contributed by atoms with Gasteiger partial charge in [-0.1, -0.05) is 13.8 Å². The Hall–Kier alpha value is -3.48. The minimum atomic E-state index is -0.121. The molecule has 0 aliphatic rings. The van der Waals surface area contributed by atoms with Crippen LogP contribution in [0.5, 0.6) is 11.5 Å². The van der Waals surface area contributed by atoms with Gasteiger partial charge in [-0.15, -0.1) is 0 Å². The molecule has 0 bridgehead atoms. The number of nitrogens with zero attached hydrogens (tertiary/aromatic N) is 4. The highest BCUT2D eigenvalue weighted by atomic mass is 16.5. The average Bonchev–Trinajstić information content (AvgIpc) is 2.61. The standard InChI is InChI=1S/C18H16N4O2/c1-3-5-23-17-7-16(14(11-21)12-22)18(24-6-4-2)8-15(17)13(9-19)10-20/h7-8H,3-6H2,1-2H3. The Bertz CT molecular complexity index is 782. The molecule has 0 aromatic heterocycles. The van der Waals surface area contributed by atoms with Crippen LogP contribution in [0.4, 0.5) is 0 Å². The van der Waals surface area contributed by atoms with Gasteiger partial charge < -0.3 is 9.47 Å². The fourth-order valence-corrected chi connectivity index (χ4v) is 1.90. The highest BCUT2D eigenvalue weighted by Gasteiger charge is 2.11. The molecule has 0 atom stereocenters. The van der Waals surface area contributed by atoms with Gasteiger partial charge >= 0.3 is 0 Å². The van der Waals surface area contributed by atoms with Crippen molar-refractivity contribution in [2.75, 3.05) is 13.2 Å². The van der Waals surface area contributed by atoms with Gasteiger partial charge in [0, 0.05) is 10.4 Å². The molecule has 1 rings (SSSR count). The van der Waals surface area contributed by atoms with Crippen molar-refractivity contribution < 1.29 is 9.47 Å². The fourth-order valence-electron chi connectivity index (χ4n) is 1.90. The molecule has 0 saturated carbocycles. The molecular weight excluding hydrogens is 304 g/mol. The number of hydrogen-bond acceptors (Lipinski definition) is 6. The molecule has 0 aliphatic heterocycles. The zero-order valence-electron chi connectivity index (χ0n) is 13.6. The Labute approximate surface area is 140 Å². The first-order valence-electron chi connectivity index (χ1n) is 7.45. The lowest BCUT2D eigenvalue weighted by Gasteiger charge is -2.10. The van der Waals surface area contributed by atoms with E-state index < -0.39 is 0 Å². The Kier molecular flexibility index (Phi) is 7.37. The molecule has 0 N–H and O–H groups in total. The summed E-state index contributed by atoms with van der Waals surface area (Å²) >= 11 is 0. The van der Waals surface area contributed by atoms with Gasteiger partial charge in [-0.05, 0) is 25.0 Å². The van der Waals surface area contributed by atoms with Crippen molar-refractivity contribution in [1.82, 2.24) is 0 Å². The second kappa shape index (κ2) is 9.52. The number of ether oxygens (including phenoxy) is 2. The zero-order valence-corrected chi connectivity index (χ0v) is 13.6. The second-order valence-electron chi connectivity index (χ2n) is 4.74. The molecule has 1 aromatic rings. The van der Waals surface area contributed by atoms with Crippen molar-refractivity contribution in [2.45, 2.75) is 26.7 Å². The van der Waals surface area contributed by atoms with E-state index in [0.717, 1.165) is 12.8 Å². The Morgan fingerprint density at radius 3 is 1.33 bits per heavy atom. The third kappa shape index (κ3) is 4.26. The molecule has 120 valence electrons. The van der Waals surface area contributed by atoms with E-state index in [2.05, 4.69) is 0 Å². The van der Waals surface area contributed by atoms with Crippen molar-refractivity contribution in [3.05, 3.63) is 22.6 Å². The highest BCUT2D eigenvalue weighted by molar-refractivity contribution is 5.77. The van der Waals surface area contributed by atoms with E-state index in [1.807, 2.05) is 38.1 Å². The van der Waals surface area contributed by atoms with E-state index in [-0.39, 0.29) is 22.6 Å². The van der Waals surface area contributed by atoms with Crippen LogP contribution in [0.2, 0.25) is 0 Å². The number of rotatable bonds is 6. The van der Waals surface area contributed by atoms with E-state index in [4.69, 9.17) is 30.5 Å². The minimum absolute atomic E-state index is 0.121. The topological polar surface area (TPSA) is 114 Å². The van der Waals surface area contributed by atoms with Crippen molar-refractivity contribution in [2.24, 2.45) is 0 Å². The van der Waals surface area contributed by atoms with Gasteiger partial charge in [-0.25, -0.2) is 0 Å². The number of benzene rings is 1. The molecule has 0 heterocycles. The highest BCUT2D eigenvalue weighted by Crippen LogP contribution is 2.11. The molecule has 0 saturated heterocycles. The monoisotopic (exact) mass is 320 g/mol. The van der Waals surface area contributed by atoms with Gasteiger partial charge in [-0.3, -0.25) is 0 Å². The number of hydrogen-bond donors (Lipinski definition) is 0. The molecular formula is C18H16N4O2. The lowest BCUT2D eigenvalue weighted by atomic mass is 10.1. The van der Waals surface area contributed by atoms with Gasteiger partial charge in [0.05, 0.1) is 13.2 Å². The molecule has 0 unspecified atom stereocenters. The third-order valence-electron chi connectivity index (χ3n) is 2.99. The fraction of sp³-hybridized carbons (Fsp3) is 0.333. The predicted octanol–water partition coefficient (Wildman–Crippen LogP) is 1.66. The van der Waals surface area contributed by atoms with E-state index in [9.17, 15) is 0 Å². The number of nitriles is 4. The van der Waals surface area contributed by atoms with Gasteiger partial charge in [0.2, 0.25) is 0 Å². The summed E-state index contributed by atoms with van der Waals surface area (Å²) in [7, 11) is 0. The van der Waals surface area contributed by atoms with E-state index in [0.29, 0.717) is 23.7 Å². The summed E-state index contributed by atoms with van der Waals surface area (Å²) in [5.41, 5.74) is -0.242. The van der Waals surface area contributed by atoms with Gasteiger partial charge in [0.25, 0.3) is 0 Å². The largest absolute Gasteiger partial charge is 0.493 e. The SMILES string of the molecule is CCCOc1cc(=C(C#N)C#N)c(OCCC)cc1=C(C#N)C#N. The van der Waals surface area contributed by atoms with Crippen molar-refractivity contribution in [1.29, 1.82) is 21.0 Å². The molecule has 0 amide bonds. The summed E-state index contributed by atoms with van der Waals surface area (Å²) in [4.78, 5) is 0. The summed E-state index contributed by atoms with van der Waals surface area (Å²) in [6, 6.07) is 10.3. The average molecular weight is 320 g/mol. The molecule has 24 heavy (non-hydrogen) atoms. The maximum atomic E-state index is 9.15.